The minimum Gasteiger partial charge on any atom is -0.457 e. The average Bonchev–Trinajstić information content (AvgIpc) is 2.79. The molecule has 0 heterocycles. The lowest BCUT2D eigenvalue weighted by molar-refractivity contribution is -0.153. The van der Waals surface area contributed by atoms with Gasteiger partial charge in [-0.3, -0.25) is 9.32 Å². The molecule has 4 N–H and O–H groups in total. The zero-order valence-corrected chi connectivity index (χ0v) is 22.1. The highest BCUT2D eigenvalue weighted by molar-refractivity contribution is 7.46. The Hall–Kier alpha value is -0.500. The van der Waals surface area contributed by atoms with E-state index in [1.807, 2.05) is 0 Å². The van der Waals surface area contributed by atoms with Gasteiger partial charge in [0.1, 0.15) is 6.10 Å². The summed E-state index contributed by atoms with van der Waals surface area (Å²) in [5.41, 5.74) is 0. The molecule has 0 amide bonds. The van der Waals surface area contributed by atoms with Crippen molar-refractivity contribution in [1.29, 1.82) is 0 Å². The van der Waals surface area contributed by atoms with E-state index in [9.17, 15) is 9.36 Å². The minimum absolute atomic E-state index is 0.233. The van der Waals surface area contributed by atoms with Gasteiger partial charge in [-0.05, 0) is 12.8 Å². The second-order valence-corrected chi connectivity index (χ2v) is 10.5. The molecule has 0 aromatic carbocycles. The summed E-state index contributed by atoms with van der Waals surface area (Å²) in [6, 6.07) is 0. The number of rotatable bonds is 26. The minimum atomic E-state index is -4.64. The molecule has 0 rings (SSSR count). The fourth-order valence-electron chi connectivity index (χ4n) is 3.94. The molecule has 0 spiro atoms. The molecule has 34 heavy (non-hydrogen) atoms. The Labute approximate surface area is 207 Å². The first-order valence-corrected chi connectivity index (χ1v) is 15.0. The molecule has 0 saturated carbocycles. The molecule has 0 aromatic heterocycles. The number of ether oxygens (including phenoxy) is 1. The van der Waals surface area contributed by atoms with Gasteiger partial charge in [-0.1, -0.05) is 109 Å². The number of phosphoric ester groups is 1. The fraction of sp³-hybridized carbons (Fsp3) is 0.960. The molecule has 9 heteroatoms. The first kappa shape index (κ1) is 33.5. The first-order chi connectivity index (χ1) is 16.4. The van der Waals surface area contributed by atoms with Crippen LogP contribution >= 0.6 is 7.82 Å². The largest absolute Gasteiger partial charge is 0.469 e. The SMILES string of the molecule is O=C(CCCCCCCCCCCCCCCCCCCCCO)O[C@H](CO)COP(=O)(O)O. The lowest BCUT2D eigenvalue weighted by Gasteiger charge is -2.15. The van der Waals surface area contributed by atoms with Crippen molar-refractivity contribution in [3.8, 4) is 0 Å². The van der Waals surface area contributed by atoms with Gasteiger partial charge in [-0.2, -0.15) is 0 Å². The standard InChI is InChI=1S/C25H51O8P/c26-21-19-17-15-13-11-9-7-5-3-1-2-4-6-8-10-12-14-16-18-20-25(28)33-24(22-27)23-32-34(29,30)31/h24,26-27H,1-23H2,(H2,29,30,31)/t24-/m1/s1. The van der Waals surface area contributed by atoms with Crippen LogP contribution in [0.4, 0.5) is 0 Å². The summed E-state index contributed by atoms with van der Waals surface area (Å²) in [6.07, 6.45) is 22.4. The van der Waals surface area contributed by atoms with E-state index in [4.69, 9.17) is 24.7 Å². The Bertz CT molecular complexity index is 497. The van der Waals surface area contributed by atoms with Gasteiger partial charge in [0.15, 0.2) is 0 Å². The van der Waals surface area contributed by atoms with E-state index >= 15 is 0 Å². The number of phosphoric acid groups is 1. The molecule has 1 atom stereocenters. The summed E-state index contributed by atoms with van der Waals surface area (Å²) in [6.45, 7) is -0.737. The van der Waals surface area contributed by atoms with Gasteiger partial charge in [-0.25, -0.2) is 4.57 Å². The fourth-order valence-corrected chi connectivity index (χ4v) is 4.30. The molecular formula is C25H51O8P. The predicted molar refractivity (Wildman–Crippen MR) is 134 cm³/mol. The van der Waals surface area contributed by atoms with Crippen LogP contribution in [-0.2, 0) is 18.6 Å². The van der Waals surface area contributed by atoms with Crippen molar-refractivity contribution < 1.29 is 38.6 Å². The number of hydrogen-bond acceptors (Lipinski definition) is 6. The zero-order valence-electron chi connectivity index (χ0n) is 21.2. The molecule has 0 saturated heterocycles. The van der Waals surface area contributed by atoms with Crippen LogP contribution in [0.2, 0.25) is 0 Å². The van der Waals surface area contributed by atoms with E-state index in [-0.39, 0.29) is 6.42 Å². The van der Waals surface area contributed by atoms with Crippen molar-refractivity contribution in [2.45, 2.75) is 135 Å². The Balaban J connectivity index is 3.31. The second-order valence-electron chi connectivity index (χ2n) is 9.27. The normalized spacial score (nSPS) is 12.7. The number of hydrogen-bond donors (Lipinski definition) is 4. The Morgan fingerprint density at radius 1 is 0.618 bits per heavy atom. The van der Waals surface area contributed by atoms with Gasteiger partial charge in [0.2, 0.25) is 0 Å². The van der Waals surface area contributed by atoms with E-state index in [0.29, 0.717) is 13.0 Å². The molecule has 0 aliphatic rings. The number of unbranched alkanes of at least 4 members (excludes halogenated alkanes) is 18. The molecule has 0 fully saturated rings. The Morgan fingerprint density at radius 3 is 1.29 bits per heavy atom. The van der Waals surface area contributed by atoms with Crippen molar-refractivity contribution in [1.82, 2.24) is 0 Å². The van der Waals surface area contributed by atoms with Gasteiger partial charge in [-0.15, -0.1) is 0 Å². The number of esters is 1. The maximum absolute atomic E-state index is 11.7. The lowest BCUT2D eigenvalue weighted by atomic mass is 10.0. The number of carbonyl (C=O) groups excluding carboxylic acids is 1. The van der Waals surface area contributed by atoms with Crippen LogP contribution in [0.15, 0.2) is 0 Å². The third-order valence-corrected chi connectivity index (χ3v) is 6.45. The molecule has 0 aliphatic heterocycles. The lowest BCUT2D eigenvalue weighted by Crippen LogP contribution is -2.26. The van der Waals surface area contributed by atoms with Crippen LogP contribution in [-0.4, -0.2) is 51.9 Å². The summed E-state index contributed by atoms with van der Waals surface area (Å²) < 4.78 is 19.9. The summed E-state index contributed by atoms with van der Waals surface area (Å²) in [4.78, 5) is 29.0. The molecule has 204 valence electrons. The van der Waals surface area contributed by atoms with Crippen LogP contribution < -0.4 is 0 Å². The highest BCUT2D eigenvalue weighted by Crippen LogP contribution is 2.35. The predicted octanol–water partition coefficient (Wildman–Crippen LogP) is 5.79. The highest BCUT2D eigenvalue weighted by atomic mass is 31.2. The molecule has 0 radical (unpaired) electrons. The van der Waals surface area contributed by atoms with Crippen LogP contribution in [0.5, 0.6) is 0 Å². The zero-order chi connectivity index (χ0) is 25.3. The number of carbonyl (C=O) groups is 1. The Kier molecular flexibility index (Phi) is 23.8. The molecular weight excluding hydrogens is 459 g/mol. The molecule has 0 aromatic rings. The summed E-state index contributed by atoms with van der Waals surface area (Å²) >= 11 is 0. The van der Waals surface area contributed by atoms with Gasteiger partial charge in [0.25, 0.3) is 0 Å². The third-order valence-electron chi connectivity index (χ3n) is 5.97. The van der Waals surface area contributed by atoms with Crippen LogP contribution in [0.25, 0.3) is 0 Å². The summed E-state index contributed by atoms with van der Waals surface area (Å²) in [5.74, 6) is -0.484. The first-order valence-electron chi connectivity index (χ1n) is 13.5. The quantitative estimate of drug-likeness (QED) is 0.0652. The second kappa shape index (κ2) is 24.2. The monoisotopic (exact) mass is 510 g/mol. The average molecular weight is 511 g/mol. The maximum atomic E-state index is 11.7. The molecule has 0 aliphatic carbocycles. The number of aliphatic hydroxyl groups is 2. The molecule has 0 unspecified atom stereocenters. The Morgan fingerprint density at radius 2 is 0.971 bits per heavy atom. The van der Waals surface area contributed by atoms with E-state index in [0.717, 1.165) is 19.3 Å². The summed E-state index contributed by atoms with van der Waals surface area (Å²) in [5, 5.41) is 17.8. The van der Waals surface area contributed by atoms with Crippen molar-refractivity contribution in [3.63, 3.8) is 0 Å². The van der Waals surface area contributed by atoms with Crippen molar-refractivity contribution in [2.75, 3.05) is 19.8 Å². The maximum Gasteiger partial charge on any atom is 0.469 e. The van der Waals surface area contributed by atoms with Crippen LogP contribution in [0.1, 0.15) is 128 Å². The third kappa shape index (κ3) is 26.1. The van der Waals surface area contributed by atoms with E-state index in [2.05, 4.69) is 4.52 Å². The van der Waals surface area contributed by atoms with Crippen molar-refractivity contribution in [2.24, 2.45) is 0 Å². The summed E-state index contributed by atoms with van der Waals surface area (Å²) in [7, 11) is -4.64. The highest BCUT2D eigenvalue weighted by Gasteiger charge is 2.20. The van der Waals surface area contributed by atoms with E-state index in [1.54, 1.807) is 0 Å². The van der Waals surface area contributed by atoms with Gasteiger partial charge >= 0.3 is 13.8 Å². The van der Waals surface area contributed by atoms with E-state index < -0.39 is 33.1 Å². The van der Waals surface area contributed by atoms with Crippen LogP contribution in [0.3, 0.4) is 0 Å². The van der Waals surface area contributed by atoms with E-state index in [1.165, 1.54) is 96.3 Å². The van der Waals surface area contributed by atoms with Crippen molar-refractivity contribution in [3.05, 3.63) is 0 Å². The molecule has 0 bridgehead atoms. The smallest absolute Gasteiger partial charge is 0.457 e. The van der Waals surface area contributed by atoms with Crippen LogP contribution in [0, 0.1) is 0 Å². The number of aliphatic hydroxyl groups excluding tert-OH is 2. The van der Waals surface area contributed by atoms with Gasteiger partial charge in [0, 0.05) is 13.0 Å². The van der Waals surface area contributed by atoms with Gasteiger partial charge < -0.3 is 24.7 Å². The van der Waals surface area contributed by atoms with Gasteiger partial charge in [0.05, 0.1) is 13.2 Å². The van der Waals surface area contributed by atoms with Crippen molar-refractivity contribution >= 4 is 13.8 Å². The topological polar surface area (TPSA) is 134 Å². The molecule has 8 nitrogen and oxygen atoms in total.